The maximum absolute atomic E-state index is 12.1. The van der Waals surface area contributed by atoms with Crippen molar-refractivity contribution in [1.82, 2.24) is 10.9 Å². The number of benzene rings is 1. The average Bonchev–Trinajstić information content (AvgIpc) is 3.07. The predicted octanol–water partition coefficient (Wildman–Crippen LogP) is 2.95. The lowest BCUT2D eigenvalue weighted by Crippen LogP contribution is -2.42. The molecule has 0 bridgehead atoms. The summed E-state index contributed by atoms with van der Waals surface area (Å²) < 4.78 is 10.8. The van der Waals surface area contributed by atoms with Gasteiger partial charge in [0.15, 0.2) is 0 Å². The summed E-state index contributed by atoms with van der Waals surface area (Å²) in [5, 5.41) is 0.892. The molecule has 124 valence electrons. The third-order valence-corrected chi connectivity index (χ3v) is 3.76. The van der Waals surface area contributed by atoms with Crippen molar-refractivity contribution in [1.29, 1.82) is 0 Å². The van der Waals surface area contributed by atoms with Gasteiger partial charge < -0.3 is 8.83 Å². The number of carbonyl (C=O) groups is 2. The lowest BCUT2D eigenvalue weighted by Gasteiger charge is -2.06. The van der Waals surface area contributed by atoms with E-state index in [4.69, 9.17) is 8.83 Å². The quantitative estimate of drug-likeness (QED) is 0.725. The Morgan fingerprint density at radius 1 is 1.08 bits per heavy atom. The van der Waals surface area contributed by atoms with Crippen molar-refractivity contribution in [3.8, 4) is 0 Å². The van der Waals surface area contributed by atoms with E-state index in [1.807, 2.05) is 25.1 Å². The van der Waals surface area contributed by atoms with E-state index in [-0.39, 0.29) is 12.3 Å². The zero-order chi connectivity index (χ0) is 17.3. The number of nitrogens with one attached hydrogen (secondary N) is 2. The molecule has 0 saturated heterocycles. The van der Waals surface area contributed by atoms with Crippen LogP contribution in [-0.2, 0) is 11.2 Å². The number of hydrogen-bond acceptors (Lipinski definition) is 4. The fraction of sp³-hybridized carbons (Fsp3) is 0.222. The SMILES string of the molecule is Cc1ccc2c(CC(=O)NNC(=O)c3cc(C)oc3C)coc2c1. The maximum atomic E-state index is 12.1. The topological polar surface area (TPSA) is 84.5 Å². The maximum Gasteiger partial charge on any atom is 0.273 e. The number of fused-ring (bicyclic) bond motifs is 1. The second-order valence-corrected chi connectivity index (χ2v) is 5.77. The fourth-order valence-electron chi connectivity index (χ4n) is 2.59. The second kappa shape index (κ2) is 6.23. The molecule has 2 heterocycles. The number of amides is 2. The van der Waals surface area contributed by atoms with Crippen molar-refractivity contribution in [2.45, 2.75) is 27.2 Å². The first kappa shape index (κ1) is 15.9. The normalized spacial score (nSPS) is 10.8. The summed E-state index contributed by atoms with van der Waals surface area (Å²) in [6, 6.07) is 7.43. The van der Waals surface area contributed by atoms with Gasteiger partial charge in [0.1, 0.15) is 17.1 Å². The first-order valence-corrected chi connectivity index (χ1v) is 7.57. The third-order valence-electron chi connectivity index (χ3n) is 3.76. The van der Waals surface area contributed by atoms with Crippen LogP contribution < -0.4 is 10.9 Å². The molecule has 24 heavy (non-hydrogen) atoms. The second-order valence-electron chi connectivity index (χ2n) is 5.77. The molecule has 0 aliphatic carbocycles. The molecule has 6 nitrogen and oxygen atoms in total. The standard InChI is InChI=1S/C18H18N2O4/c1-10-4-5-14-13(9-23-16(14)6-10)8-17(21)19-20-18(22)15-7-11(2)24-12(15)3/h4-7,9H,8H2,1-3H3,(H,19,21)(H,20,22). The van der Waals surface area contributed by atoms with Gasteiger partial charge in [-0.25, -0.2) is 0 Å². The number of rotatable bonds is 3. The zero-order valence-corrected chi connectivity index (χ0v) is 13.7. The van der Waals surface area contributed by atoms with Crippen LogP contribution in [0.5, 0.6) is 0 Å². The van der Waals surface area contributed by atoms with Crippen LogP contribution in [-0.4, -0.2) is 11.8 Å². The van der Waals surface area contributed by atoms with Gasteiger partial charge in [0.2, 0.25) is 5.91 Å². The van der Waals surface area contributed by atoms with E-state index >= 15 is 0 Å². The molecule has 3 aromatic rings. The molecule has 0 spiro atoms. The number of aryl methyl sites for hydroxylation is 3. The molecule has 0 fully saturated rings. The highest BCUT2D eigenvalue weighted by Gasteiger charge is 2.15. The van der Waals surface area contributed by atoms with E-state index in [9.17, 15) is 9.59 Å². The highest BCUT2D eigenvalue weighted by molar-refractivity contribution is 5.96. The minimum atomic E-state index is -0.412. The van der Waals surface area contributed by atoms with Gasteiger partial charge in [-0.2, -0.15) is 0 Å². The summed E-state index contributed by atoms with van der Waals surface area (Å²) in [6.07, 6.45) is 1.68. The third kappa shape index (κ3) is 3.17. The molecule has 3 rings (SSSR count). The van der Waals surface area contributed by atoms with Crippen molar-refractivity contribution in [3.63, 3.8) is 0 Å². The molecule has 6 heteroatoms. The van der Waals surface area contributed by atoms with E-state index < -0.39 is 5.91 Å². The molecule has 0 aliphatic heterocycles. The van der Waals surface area contributed by atoms with Crippen molar-refractivity contribution in [2.75, 3.05) is 0 Å². The number of hydrogen-bond donors (Lipinski definition) is 2. The van der Waals surface area contributed by atoms with E-state index in [2.05, 4.69) is 10.9 Å². The van der Waals surface area contributed by atoms with Gasteiger partial charge in [-0.05, 0) is 38.5 Å². The monoisotopic (exact) mass is 326 g/mol. The molecule has 0 aliphatic rings. The Hall–Kier alpha value is -3.02. The van der Waals surface area contributed by atoms with Crippen molar-refractivity contribution >= 4 is 22.8 Å². The fourth-order valence-corrected chi connectivity index (χ4v) is 2.59. The van der Waals surface area contributed by atoms with Gasteiger partial charge in [-0.3, -0.25) is 20.4 Å². The lowest BCUT2D eigenvalue weighted by molar-refractivity contribution is -0.121. The molecule has 0 unspecified atom stereocenters. The summed E-state index contributed by atoms with van der Waals surface area (Å²) in [7, 11) is 0. The average molecular weight is 326 g/mol. The van der Waals surface area contributed by atoms with Crippen LogP contribution in [0.4, 0.5) is 0 Å². The van der Waals surface area contributed by atoms with E-state index in [0.717, 1.165) is 22.1 Å². The molecule has 2 amide bonds. The van der Waals surface area contributed by atoms with Crippen molar-refractivity contribution in [2.24, 2.45) is 0 Å². The first-order chi connectivity index (χ1) is 11.4. The van der Waals surface area contributed by atoms with Gasteiger partial charge in [0.05, 0.1) is 18.2 Å². The van der Waals surface area contributed by atoms with Gasteiger partial charge in [0.25, 0.3) is 5.91 Å². The van der Waals surface area contributed by atoms with Gasteiger partial charge >= 0.3 is 0 Å². The summed E-state index contributed by atoms with van der Waals surface area (Å²) >= 11 is 0. The van der Waals surface area contributed by atoms with Gasteiger partial charge in [0, 0.05) is 10.9 Å². The summed E-state index contributed by atoms with van der Waals surface area (Å²) in [6.45, 7) is 5.43. The minimum Gasteiger partial charge on any atom is -0.466 e. The number of carbonyl (C=O) groups excluding carboxylic acids is 2. The van der Waals surface area contributed by atoms with Crippen LogP contribution in [0.3, 0.4) is 0 Å². The van der Waals surface area contributed by atoms with E-state index in [1.54, 1.807) is 26.2 Å². The summed E-state index contributed by atoms with van der Waals surface area (Å²) in [4.78, 5) is 24.1. The van der Waals surface area contributed by atoms with Crippen molar-refractivity contribution in [3.05, 3.63) is 58.7 Å². The largest absolute Gasteiger partial charge is 0.466 e. The molecule has 0 saturated carbocycles. The molecular formula is C18H18N2O4. The molecule has 2 N–H and O–H groups in total. The molecule has 0 atom stereocenters. The predicted molar refractivity (Wildman–Crippen MR) is 88.4 cm³/mol. The van der Waals surface area contributed by atoms with Crippen LogP contribution >= 0.6 is 0 Å². The minimum absolute atomic E-state index is 0.111. The van der Waals surface area contributed by atoms with Crippen molar-refractivity contribution < 1.29 is 18.4 Å². The van der Waals surface area contributed by atoms with Crippen LogP contribution in [0.1, 0.15) is 33.0 Å². The number of furan rings is 2. The molecule has 1 aromatic carbocycles. The molecular weight excluding hydrogens is 308 g/mol. The van der Waals surface area contributed by atoms with Crippen LogP contribution in [0.15, 0.2) is 39.4 Å². The highest BCUT2D eigenvalue weighted by Crippen LogP contribution is 2.22. The Balaban J connectivity index is 1.63. The molecule has 2 aromatic heterocycles. The van der Waals surface area contributed by atoms with E-state index in [1.165, 1.54) is 0 Å². The van der Waals surface area contributed by atoms with Crippen LogP contribution in [0, 0.1) is 20.8 Å². The smallest absolute Gasteiger partial charge is 0.273 e. The first-order valence-electron chi connectivity index (χ1n) is 7.57. The Kier molecular flexibility index (Phi) is 4.12. The Labute approximate surface area is 138 Å². The van der Waals surface area contributed by atoms with E-state index in [0.29, 0.717) is 17.1 Å². The molecule has 0 radical (unpaired) electrons. The zero-order valence-electron chi connectivity index (χ0n) is 13.7. The Morgan fingerprint density at radius 3 is 2.58 bits per heavy atom. The Bertz CT molecular complexity index is 920. The van der Waals surface area contributed by atoms with Crippen LogP contribution in [0.25, 0.3) is 11.0 Å². The summed E-state index contributed by atoms with van der Waals surface area (Å²) in [5.41, 5.74) is 7.80. The van der Waals surface area contributed by atoms with Gasteiger partial charge in [-0.1, -0.05) is 12.1 Å². The van der Waals surface area contributed by atoms with Crippen LogP contribution in [0.2, 0.25) is 0 Å². The summed E-state index contributed by atoms with van der Waals surface area (Å²) in [5.74, 6) is 0.412. The van der Waals surface area contributed by atoms with Gasteiger partial charge in [-0.15, -0.1) is 0 Å². The highest BCUT2D eigenvalue weighted by atomic mass is 16.3. The number of hydrazine groups is 1. The Morgan fingerprint density at radius 2 is 1.88 bits per heavy atom. The lowest BCUT2D eigenvalue weighted by atomic mass is 10.1.